The van der Waals surface area contributed by atoms with Gasteiger partial charge < -0.3 is 5.32 Å². The molecule has 0 saturated heterocycles. The zero-order valence-corrected chi connectivity index (χ0v) is 11.0. The molecule has 2 nitrogen and oxygen atoms in total. The molecular formula is C9H18BrNOS. The molecule has 0 fully saturated rings. The van der Waals surface area contributed by atoms with Crippen molar-refractivity contribution in [3.8, 4) is 0 Å². The van der Waals surface area contributed by atoms with E-state index in [-0.39, 0.29) is 16.8 Å². The van der Waals surface area contributed by atoms with Crippen molar-refractivity contribution >= 4 is 33.6 Å². The number of hydrogen-bond acceptors (Lipinski definition) is 2. The fourth-order valence-corrected chi connectivity index (χ4v) is 1.63. The lowest BCUT2D eigenvalue weighted by atomic mass is 10.1. The van der Waals surface area contributed by atoms with E-state index in [1.807, 2.05) is 27.0 Å². The molecule has 0 aliphatic carbocycles. The van der Waals surface area contributed by atoms with Crippen LogP contribution in [0.2, 0.25) is 0 Å². The lowest BCUT2D eigenvalue weighted by Crippen LogP contribution is -2.40. The van der Waals surface area contributed by atoms with Gasteiger partial charge in [-0.3, -0.25) is 4.79 Å². The van der Waals surface area contributed by atoms with Gasteiger partial charge in [-0.15, -0.1) is 0 Å². The number of hydrogen-bond donors (Lipinski definition) is 1. The molecule has 0 aromatic carbocycles. The van der Waals surface area contributed by atoms with Crippen LogP contribution in [0.15, 0.2) is 0 Å². The zero-order valence-electron chi connectivity index (χ0n) is 8.63. The Balaban J connectivity index is 3.85. The van der Waals surface area contributed by atoms with Crippen molar-refractivity contribution in [3.63, 3.8) is 0 Å². The van der Waals surface area contributed by atoms with Crippen LogP contribution in [-0.2, 0) is 4.79 Å². The van der Waals surface area contributed by atoms with Crippen molar-refractivity contribution in [3.05, 3.63) is 0 Å². The third-order valence-corrected chi connectivity index (χ3v) is 3.95. The summed E-state index contributed by atoms with van der Waals surface area (Å²) in [5.74, 6) is 1.39. The van der Waals surface area contributed by atoms with E-state index in [2.05, 4.69) is 21.2 Å². The predicted octanol–water partition coefficient (Wildman–Crippen LogP) is 2.27. The van der Waals surface area contributed by atoms with Crippen molar-refractivity contribution in [2.24, 2.45) is 5.92 Å². The van der Waals surface area contributed by atoms with Gasteiger partial charge in [-0.2, -0.15) is 11.8 Å². The average molecular weight is 268 g/mol. The van der Waals surface area contributed by atoms with Gasteiger partial charge in [0.05, 0.1) is 4.83 Å². The van der Waals surface area contributed by atoms with Crippen molar-refractivity contribution in [2.75, 3.05) is 12.0 Å². The van der Waals surface area contributed by atoms with E-state index in [0.29, 0.717) is 5.92 Å². The second kappa shape index (κ2) is 6.71. The van der Waals surface area contributed by atoms with Crippen LogP contribution in [0.4, 0.5) is 0 Å². The maximum atomic E-state index is 11.5. The molecule has 2 unspecified atom stereocenters. The first kappa shape index (κ1) is 13.3. The van der Waals surface area contributed by atoms with Gasteiger partial charge in [0, 0.05) is 11.8 Å². The molecule has 0 heterocycles. The molecule has 0 aliphatic heterocycles. The number of amides is 1. The molecule has 0 spiro atoms. The highest BCUT2D eigenvalue weighted by Crippen LogP contribution is 2.12. The van der Waals surface area contributed by atoms with Gasteiger partial charge in [0.25, 0.3) is 0 Å². The number of nitrogens with one attached hydrogen (secondary N) is 1. The summed E-state index contributed by atoms with van der Waals surface area (Å²) < 4.78 is 0. The van der Waals surface area contributed by atoms with Crippen molar-refractivity contribution in [2.45, 2.75) is 31.6 Å². The quantitative estimate of drug-likeness (QED) is 0.775. The van der Waals surface area contributed by atoms with Gasteiger partial charge in [0.2, 0.25) is 5.91 Å². The van der Waals surface area contributed by atoms with Crippen LogP contribution < -0.4 is 5.32 Å². The maximum Gasteiger partial charge on any atom is 0.234 e. The average Bonchev–Trinajstić information content (AvgIpc) is 2.03. The van der Waals surface area contributed by atoms with Gasteiger partial charge in [-0.05, 0) is 19.1 Å². The Hall–Kier alpha value is 0.300. The van der Waals surface area contributed by atoms with E-state index in [9.17, 15) is 4.79 Å². The van der Waals surface area contributed by atoms with Gasteiger partial charge in [-0.1, -0.05) is 29.8 Å². The van der Waals surface area contributed by atoms with Crippen molar-refractivity contribution < 1.29 is 4.79 Å². The third kappa shape index (κ3) is 5.57. The highest BCUT2D eigenvalue weighted by atomic mass is 79.9. The Morgan fingerprint density at radius 2 is 2.00 bits per heavy atom. The highest BCUT2D eigenvalue weighted by Gasteiger charge is 2.19. The topological polar surface area (TPSA) is 29.1 Å². The molecule has 0 aromatic heterocycles. The van der Waals surface area contributed by atoms with Crippen LogP contribution in [0.25, 0.3) is 0 Å². The minimum Gasteiger partial charge on any atom is -0.352 e. The van der Waals surface area contributed by atoms with E-state index in [1.54, 1.807) is 11.8 Å². The van der Waals surface area contributed by atoms with Crippen LogP contribution in [0.5, 0.6) is 0 Å². The summed E-state index contributed by atoms with van der Waals surface area (Å²) in [6, 6.07) is 0.251. The SMILES string of the molecule is CSCC(C)NC(=O)C(Br)C(C)C. The number of thioether (sulfide) groups is 1. The van der Waals surface area contributed by atoms with E-state index >= 15 is 0 Å². The van der Waals surface area contributed by atoms with Crippen molar-refractivity contribution in [1.29, 1.82) is 0 Å². The fourth-order valence-electron chi connectivity index (χ4n) is 0.917. The molecule has 0 saturated carbocycles. The van der Waals surface area contributed by atoms with Crippen LogP contribution in [0.3, 0.4) is 0 Å². The molecule has 0 rings (SSSR count). The number of halogens is 1. The standard InChI is InChI=1S/C9H18BrNOS/c1-6(2)8(10)9(12)11-7(3)5-13-4/h6-8H,5H2,1-4H3,(H,11,12). The van der Waals surface area contributed by atoms with Crippen LogP contribution in [0, 0.1) is 5.92 Å². The molecule has 78 valence electrons. The molecule has 0 aromatic rings. The first-order chi connectivity index (χ1) is 5.99. The molecule has 2 atom stereocenters. The first-order valence-electron chi connectivity index (χ1n) is 4.42. The molecule has 0 bridgehead atoms. The van der Waals surface area contributed by atoms with Crippen LogP contribution in [-0.4, -0.2) is 28.8 Å². The van der Waals surface area contributed by atoms with Gasteiger partial charge in [-0.25, -0.2) is 0 Å². The Labute approximate surface area is 93.4 Å². The van der Waals surface area contributed by atoms with E-state index in [1.165, 1.54) is 0 Å². The van der Waals surface area contributed by atoms with Crippen molar-refractivity contribution in [1.82, 2.24) is 5.32 Å². The number of carbonyl (C=O) groups is 1. The largest absolute Gasteiger partial charge is 0.352 e. The predicted molar refractivity (Wildman–Crippen MR) is 63.5 cm³/mol. The summed E-state index contributed by atoms with van der Waals surface area (Å²) in [5.41, 5.74) is 0. The minimum atomic E-state index is -0.0724. The maximum absolute atomic E-state index is 11.5. The summed E-state index contributed by atoms with van der Waals surface area (Å²) in [7, 11) is 0. The summed E-state index contributed by atoms with van der Waals surface area (Å²) in [6.45, 7) is 6.07. The lowest BCUT2D eigenvalue weighted by molar-refractivity contribution is -0.121. The second-order valence-corrected chi connectivity index (χ2v) is 5.41. The zero-order chi connectivity index (χ0) is 10.4. The van der Waals surface area contributed by atoms with Crippen LogP contribution in [0.1, 0.15) is 20.8 Å². The molecule has 0 aliphatic rings. The molecule has 1 amide bonds. The Morgan fingerprint density at radius 1 is 1.46 bits per heavy atom. The second-order valence-electron chi connectivity index (χ2n) is 3.51. The molecule has 13 heavy (non-hydrogen) atoms. The smallest absolute Gasteiger partial charge is 0.234 e. The minimum absolute atomic E-state index is 0.0724. The Kier molecular flexibility index (Phi) is 6.86. The summed E-state index contributed by atoms with van der Waals surface area (Å²) >= 11 is 5.11. The Bertz CT molecular complexity index is 164. The molecule has 4 heteroatoms. The molecular weight excluding hydrogens is 250 g/mol. The summed E-state index contributed by atoms with van der Waals surface area (Å²) in [4.78, 5) is 11.4. The number of alkyl halides is 1. The summed E-state index contributed by atoms with van der Waals surface area (Å²) in [6.07, 6.45) is 2.04. The van der Waals surface area contributed by atoms with Gasteiger partial charge >= 0.3 is 0 Å². The van der Waals surface area contributed by atoms with E-state index in [4.69, 9.17) is 0 Å². The van der Waals surface area contributed by atoms with Gasteiger partial charge in [0.15, 0.2) is 0 Å². The number of carbonyl (C=O) groups excluding carboxylic acids is 1. The van der Waals surface area contributed by atoms with E-state index in [0.717, 1.165) is 5.75 Å². The monoisotopic (exact) mass is 267 g/mol. The molecule has 0 radical (unpaired) electrons. The lowest BCUT2D eigenvalue weighted by Gasteiger charge is -2.17. The van der Waals surface area contributed by atoms with E-state index < -0.39 is 0 Å². The molecule has 1 N–H and O–H groups in total. The van der Waals surface area contributed by atoms with Gasteiger partial charge in [0.1, 0.15) is 0 Å². The number of rotatable bonds is 5. The first-order valence-corrected chi connectivity index (χ1v) is 6.73. The highest BCUT2D eigenvalue weighted by molar-refractivity contribution is 9.10. The summed E-state index contributed by atoms with van der Waals surface area (Å²) in [5, 5.41) is 2.96. The third-order valence-electron chi connectivity index (χ3n) is 1.64. The fraction of sp³-hybridized carbons (Fsp3) is 0.889. The normalized spacial score (nSPS) is 15.5. The van der Waals surface area contributed by atoms with Crippen LogP contribution >= 0.6 is 27.7 Å². The Morgan fingerprint density at radius 3 is 2.38 bits per heavy atom.